The molecule has 0 spiro atoms. The molecule has 0 heterocycles. The Morgan fingerprint density at radius 2 is 1.94 bits per heavy atom. The van der Waals surface area contributed by atoms with Gasteiger partial charge >= 0.3 is 0 Å². The zero-order valence-corrected chi connectivity index (χ0v) is 11.9. The van der Waals surface area contributed by atoms with Crippen molar-refractivity contribution in [2.45, 2.75) is 65.4 Å². The molecule has 1 atom stereocenters. The fourth-order valence-corrected chi connectivity index (χ4v) is 2.09. The maximum atomic E-state index is 6.08. The minimum absolute atomic E-state index is 0.0666. The smallest absolute Gasteiger partial charge is 0.120 e. The lowest BCUT2D eigenvalue weighted by Crippen LogP contribution is -2.27. The highest BCUT2D eigenvalue weighted by Crippen LogP contribution is 2.26. The molecule has 0 aliphatic heterocycles. The molecule has 0 radical (unpaired) electrons. The number of ether oxygens (including phenoxy) is 1. The van der Waals surface area contributed by atoms with Crippen molar-refractivity contribution in [3.63, 3.8) is 0 Å². The van der Waals surface area contributed by atoms with Gasteiger partial charge in [0, 0.05) is 0 Å². The van der Waals surface area contributed by atoms with Crippen molar-refractivity contribution in [1.82, 2.24) is 0 Å². The summed E-state index contributed by atoms with van der Waals surface area (Å²) in [6.07, 6.45) is 3.40. The molecule has 0 saturated carbocycles. The Hall–Kier alpha value is -0.980. The van der Waals surface area contributed by atoms with Gasteiger partial charge in [0.25, 0.3) is 0 Å². The lowest BCUT2D eigenvalue weighted by atomic mass is 9.98. The Kier molecular flexibility index (Phi) is 5.04. The van der Waals surface area contributed by atoms with Crippen molar-refractivity contribution in [3.8, 4) is 5.75 Å². The topological polar surface area (TPSA) is 9.23 Å². The maximum absolute atomic E-state index is 6.08. The minimum Gasteiger partial charge on any atom is -0.488 e. The van der Waals surface area contributed by atoms with Crippen LogP contribution in [0.25, 0.3) is 0 Å². The van der Waals surface area contributed by atoms with Gasteiger partial charge in [-0.15, -0.1) is 0 Å². The van der Waals surface area contributed by atoms with E-state index in [1.807, 2.05) is 0 Å². The predicted octanol–water partition coefficient (Wildman–Crippen LogP) is 5.16. The molecule has 1 unspecified atom stereocenters. The SMILES string of the molecule is CCCC(C)(C)Oc1cccc(C(C)CC)c1. The molecular weight excluding hydrogens is 208 g/mol. The second-order valence-corrected chi connectivity index (χ2v) is 5.49. The summed E-state index contributed by atoms with van der Waals surface area (Å²) >= 11 is 0. The first-order valence-electron chi connectivity index (χ1n) is 6.77. The van der Waals surface area contributed by atoms with Crippen LogP contribution >= 0.6 is 0 Å². The second kappa shape index (κ2) is 6.09. The van der Waals surface area contributed by atoms with Crippen LogP contribution in [0.5, 0.6) is 5.75 Å². The van der Waals surface area contributed by atoms with Crippen LogP contribution in [0, 0.1) is 0 Å². The molecule has 1 aromatic rings. The first-order chi connectivity index (χ1) is 7.98. The molecule has 0 saturated heterocycles. The fourth-order valence-electron chi connectivity index (χ4n) is 2.09. The third kappa shape index (κ3) is 4.41. The normalized spacial score (nSPS) is 13.5. The summed E-state index contributed by atoms with van der Waals surface area (Å²) in [5, 5.41) is 0. The molecular formula is C16H26O. The zero-order chi connectivity index (χ0) is 12.9. The van der Waals surface area contributed by atoms with Gasteiger partial charge in [0.15, 0.2) is 0 Å². The van der Waals surface area contributed by atoms with Crippen LogP contribution in [-0.2, 0) is 0 Å². The molecule has 0 fully saturated rings. The number of hydrogen-bond donors (Lipinski definition) is 0. The summed E-state index contributed by atoms with van der Waals surface area (Å²) in [5.41, 5.74) is 1.31. The van der Waals surface area contributed by atoms with Crippen LogP contribution in [0.1, 0.15) is 65.4 Å². The van der Waals surface area contributed by atoms with E-state index >= 15 is 0 Å². The summed E-state index contributed by atoms with van der Waals surface area (Å²) in [6.45, 7) is 11.0. The number of rotatable bonds is 6. The van der Waals surface area contributed by atoms with Gasteiger partial charge in [-0.2, -0.15) is 0 Å². The van der Waals surface area contributed by atoms with E-state index in [1.165, 1.54) is 12.0 Å². The predicted molar refractivity (Wildman–Crippen MR) is 74.8 cm³/mol. The van der Waals surface area contributed by atoms with Crippen LogP contribution in [-0.4, -0.2) is 5.60 Å². The van der Waals surface area contributed by atoms with Gasteiger partial charge < -0.3 is 4.74 Å². The third-order valence-corrected chi connectivity index (χ3v) is 3.29. The molecule has 1 aromatic carbocycles. The first-order valence-corrected chi connectivity index (χ1v) is 6.77. The van der Waals surface area contributed by atoms with Gasteiger partial charge in [-0.1, -0.05) is 39.3 Å². The van der Waals surface area contributed by atoms with Crippen LogP contribution in [0.4, 0.5) is 0 Å². The minimum atomic E-state index is -0.0666. The van der Waals surface area contributed by atoms with Crippen molar-refractivity contribution in [2.75, 3.05) is 0 Å². The van der Waals surface area contributed by atoms with E-state index in [0.717, 1.165) is 18.6 Å². The molecule has 0 aliphatic carbocycles. The van der Waals surface area contributed by atoms with Crippen molar-refractivity contribution >= 4 is 0 Å². The van der Waals surface area contributed by atoms with Crippen molar-refractivity contribution in [3.05, 3.63) is 29.8 Å². The molecule has 0 bridgehead atoms. The molecule has 0 aromatic heterocycles. The Morgan fingerprint density at radius 3 is 2.53 bits per heavy atom. The summed E-state index contributed by atoms with van der Waals surface area (Å²) in [7, 11) is 0. The van der Waals surface area contributed by atoms with Crippen LogP contribution in [0.3, 0.4) is 0 Å². The largest absolute Gasteiger partial charge is 0.488 e. The summed E-state index contributed by atoms with van der Waals surface area (Å²) in [5.74, 6) is 1.61. The molecule has 1 heteroatoms. The molecule has 0 N–H and O–H groups in total. The number of hydrogen-bond acceptors (Lipinski definition) is 1. The van der Waals surface area contributed by atoms with Gasteiger partial charge in [-0.05, 0) is 50.3 Å². The summed E-state index contributed by atoms with van der Waals surface area (Å²) in [6, 6.07) is 8.53. The van der Waals surface area contributed by atoms with Gasteiger partial charge in [0.05, 0.1) is 0 Å². The highest BCUT2D eigenvalue weighted by molar-refractivity contribution is 5.31. The quantitative estimate of drug-likeness (QED) is 0.660. The van der Waals surface area contributed by atoms with E-state index in [1.54, 1.807) is 0 Å². The lowest BCUT2D eigenvalue weighted by molar-refractivity contribution is 0.0984. The molecule has 0 aliphatic rings. The maximum Gasteiger partial charge on any atom is 0.120 e. The average Bonchev–Trinajstić information content (AvgIpc) is 2.27. The molecule has 96 valence electrons. The Labute approximate surface area is 106 Å². The van der Waals surface area contributed by atoms with Crippen LogP contribution in [0.15, 0.2) is 24.3 Å². The van der Waals surface area contributed by atoms with E-state index in [4.69, 9.17) is 4.74 Å². The number of benzene rings is 1. The van der Waals surface area contributed by atoms with E-state index in [2.05, 4.69) is 58.9 Å². The van der Waals surface area contributed by atoms with Gasteiger partial charge in [-0.3, -0.25) is 0 Å². The molecule has 17 heavy (non-hydrogen) atoms. The van der Waals surface area contributed by atoms with Gasteiger partial charge in [0.2, 0.25) is 0 Å². The fraction of sp³-hybridized carbons (Fsp3) is 0.625. The summed E-state index contributed by atoms with van der Waals surface area (Å²) < 4.78 is 6.08. The Morgan fingerprint density at radius 1 is 1.24 bits per heavy atom. The highest BCUT2D eigenvalue weighted by Gasteiger charge is 2.18. The molecule has 1 rings (SSSR count). The highest BCUT2D eigenvalue weighted by atomic mass is 16.5. The van der Waals surface area contributed by atoms with E-state index in [9.17, 15) is 0 Å². The molecule has 1 nitrogen and oxygen atoms in total. The average molecular weight is 234 g/mol. The Balaban J connectivity index is 2.78. The third-order valence-electron chi connectivity index (χ3n) is 3.29. The van der Waals surface area contributed by atoms with Crippen LogP contribution in [0.2, 0.25) is 0 Å². The van der Waals surface area contributed by atoms with Gasteiger partial charge in [-0.25, -0.2) is 0 Å². The summed E-state index contributed by atoms with van der Waals surface area (Å²) in [4.78, 5) is 0. The van der Waals surface area contributed by atoms with E-state index in [-0.39, 0.29) is 5.60 Å². The van der Waals surface area contributed by atoms with Crippen LogP contribution < -0.4 is 4.74 Å². The lowest BCUT2D eigenvalue weighted by Gasteiger charge is -2.26. The first kappa shape index (κ1) is 14.1. The van der Waals surface area contributed by atoms with Crippen molar-refractivity contribution < 1.29 is 4.74 Å². The van der Waals surface area contributed by atoms with E-state index < -0.39 is 0 Å². The van der Waals surface area contributed by atoms with Crippen molar-refractivity contribution in [2.24, 2.45) is 0 Å². The Bertz CT molecular complexity index is 341. The zero-order valence-electron chi connectivity index (χ0n) is 11.9. The second-order valence-electron chi connectivity index (χ2n) is 5.49. The van der Waals surface area contributed by atoms with Gasteiger partial charge in [0.1, 0.15) is 11.4 Å². The van der Waals surface area contributed by atoms with E-state index in [0.29, 0.717) is 5.92 Å². The molecule has 0 amide bonds. The van der Waals surface area contributed by atoms with Crippen molar-refractivity contribution in [1.29, 1.82) is 0 Å². The monoisotopic (exact) mass is 234 g/mol. The standard InChI is InChI=1S/C16H26O/c1-6-11-16(4,5)17-15-10-8-9-14(12-15)13(3)7-2/h8-10,12-13H,6-7,11H2,1-5H3.